The number of benzene rings is 2. The molecule has 0 N–H and O–H groups in total. The van der Waals surface area contributed by atoms with Crippen LogP contribution >= 0.6 is 0 Å². The molecule has 2 rings (SSSR count). The summed E-state index contributed by atoms with van der Waals surface area (Å²) in [5.41, 5.74) is 1.28. The number of carbonyl (C=O) groups excluding carboxylic acids is 4. The lowest BCUT2D eigenvalue weighted by molar-refractivity contribution is 0.0265. The lowest BCUT2D eigenvalue weighted by atomic mass is 10.2. The maximum Gasteiger partial charge on any atom is 0.338 e. The van der Waals surface area contributed by atoms with Gasteiger partial charge >= 0.3 is 11.9 Å². The second-order valence-electron chi connectivity index (χ2n) is 4.77. The summed E-state index contributed by atoms with van der Waals surface area (Å²) in [6, 6.07) is 11.7. The number of esters is 2. The molecule has 0 aliphatic rings. The van der Waals surface area contributed by atoms with E-state index in [1.54, 1.807) is 0 Å². The van der Waals surface area contributed by atoms with Crippen molar-refractivity contribution < 1.29 is 28.7 Å². The molecular weight excluding hydrogens is 364 g/mol. The van der Waals surface area contributed by atoms with Gasteiger partial charge in [0.2, 0.25) is 12.2 Å². The number of ether oxygens (including phenoxy) is 2. The Kier molecular flexibility index (Phi) is 10.8. The maximum absolute atomic E-state index is 11.8. The van der Waals surface area contributed by atoms with Crippen molar-refractivity contribution in [2.75, 3.05) is 13.2 Å². The third-order valence-electron chi connectivity index (χ3n) is 3.11. The van der Waals surface area contributed by atoms with Crippen LogP contribution in [0.1, 0.15) is 35.6 Å². The molecule has 0 aromatic heterocycles. The van der Waals surface area contributed by atoms with Crippen LogP contribution in [-0.4, -0.2) is 37.3 Å². The fourth-order valence-electron chi connectivity index (χ4n) is 1.88. The number of hydrogen-bond acceptors (Lipinski definition) is 8. The van der Waals surface area contributed by atoms with Crippen molar-refractivity contribution in [2.24, 2.45) is 9.98 Å². The molecule has 0 atom stereocenters. The van der Waals surface area contributed by atoms with Gasteiger partial charge in [-0.25, -0.2) is 19.2 Å². The molecule has 0 spiro atoms. The average Bonchev–Trinajstić information content (AvgIpc) is 2.66. The lowest BCUT2D eigenvalue weighted by Gasteiger charge is -2.07. The van der Waals surface area contributed by atoms with Crippen LogP contribution in [0.15, 0.2) is 58.5 Å². The number of isocyanates is 2. The summed E-state index contributed by atoms with van der Waals surface area (Å²) in [7, 11) is 0. The Hall–Kier alpha value is -3.86. The minimum absolute atomic E-state index is 0. The van der Waals surface area contributed by atoms with Gasteiger partial charge in [-0.15, -0.1) is 0 Å². The van der Waals surface area contributed by atoms with Gasteiger partial charge in [0, 0.05) is 0 Å². The summed E-state index contributed by atoms with van der Waals surface area (Å²) >= 11 is 0. The van der Waals surface area contributed by atoms with Gasteiger partial charge in [0.05, 0.1) is 22.5 Å². The Morgan fingerprint density at radius 3 is 1.29 bits per heavy atom. The molecule has 0 saturated heterocycles. The van der Waals surface area contributed by atoms with Crippen LogP contribution in [0.25, 0.3) is 0 Å². The highest BCUT2D eigenvalue weighted by molar-refractivity contribution is 5.90. The molecule has 8 heteroatoms. The van der Waals surface area contributed by atoms with Gasteiger partial charge < -0.3 is 9.47 Å². The quantitative estimate of drug-likeness (QED) is 0.310. The molecule has 28 heavy (non-hydrogen) atoms. The van der Waals surface area contributed by atoms with Crippen LogP contribution in [-0.2, 0) is 19.1 Å². The van der Waals surface area contributed by atoms with Crippen molar-refractivity contribution in [3.8, 4) is 0 Å². The molecule has 0 fully saturated rings. The van der Waals surface area contributed by atoms with Crippen LogP contribution in [0.4, 0.5) is 11.4 Å². The normalized spacial score (nSPS) is 8.71. The molecule has 0 aliphatic heterocycles. The van der Waals surface area contributed by atoms with Gasteiger partial charge in [0.1, 0.15) is 13.2 Å². The van der Waals surface area contributed by atoms with Crippen LogP contribution in [0.2, 0.25) is 0 Å². The van der Waals surface area contributed by atoms with Gasteiger partial charge in [-0.2, -0.15) is 9.98 Å². The number of aliphatic imine (C=N–C) groups is 2. The third-order valence-corrected chi connectivity index (χ3v) is 3.11. The Labute approximate surface area is 162 Å². The average molecular weight is 384 g/mol. The predicted octanol–water partition coefficient (Wildman–Crippen LogP) is 3.91. The summed E-state index contributed by atoms with van der Waals surface area (Å²) < 4.78 is 9.97. The van der Waals surface area contributed by atoms with E-state index in [1.807, 2.05) is 0 Å². The van der Waals surface area contributed by atoms with Gasteiger partial charge in [-0.1, -0.05) is 14.9 Å². The van der Waals surface area contributed by atoms with E-state index >= 15 is 0 Å². The second kappa shape index (κ2) is 12.5. The van der Waals surface area contributed by atoms with E-state index < -0.39 is 11.9 Å². The molecule has 2 aromatic rings. The van der Waals surface area contributed by atoms with Crippen LogP contribution in [0.3, 0.4) is 0 Å². The fraction of sp³-hybridized carbons (Fsp3) is 0.200. The van der Waals surface area contributed by atoms with E-state index in [2.05, 4.69) is 9.98 Å². The molecule has 2 aromatic carbocycles. The minimum Gasteiger partial charge on any atom is -0.458 e. The highest BCUT2D eigenvalue weighted by Crippen LogP contribution is 2.14. The maximum atomic E-state index is 11.8. The largest absolute Gasteiger partial charge is 0.458 e. The Morgan fingerprint density at radius 2 is 1.00 bits per heavy atom. The first-order valence-corrected chi connectivity index (χ1v) is 7.34. The van der Waals surface area contributed by atoms with Crippen LogP contribution in [0, 0.1) is 0 Å². The molecule has 0 unspecified atom stereocenters. The van der Waals surface area contributed by atoms with Gasteiger partial charge in [0.15, 0.2) is 0 Å². The first kappa shape index (κ1) is 24.1. The Morgan fingerprint density at radius 1 is 0.679 bits per heavy atom. The van der Waals surface area contributed by atoms with Crippen LogP contribution in [0.5, 0.6) is 0 Å². The molecule has 0 aliphatic carbocycles. The second-order valence-corrected chi connectivity index (χ2v) is 4.77. The highest BCUT2D eigenvalue weighted by Gasteiger charge is 2.09. The van der Waals surface area contributed by atoms with Crippen molar-refractivity contribution in [3.63, 3.8) is 0 Å². The summed E-state index contributed by atoms with van der Waals surface area (Å²) in [5, 5.41) is 0. The number of nitrogens with zero attached hydrogens (tertiary/aromatic N) is 2. The van der Waals surface area contributed by atoms with E-state index in [0.29, 0.717) is 11.4 Å². The molecule has 8 nitrogen and oxygen atoms in total. The highest BCUT2D eigenvalue weighted by atomic mass is 16.6. The number of hydrogen-bond donors (Lipinski definition) is 0. The van der Waals surface area contributed by atoms with Crippen LogP contribution < -0.4 is 0 Å². The molecule has 0 amide bonds. The standard InChI is InChI=1S/C18H12N2O6.2CH4/c21-11-19-15-5-1-13(2-6-15)17(23)25-9-10-26-18(24)14-3-7-16(8-4-14)20-12-22;;/h1-8H,9-10H2;2*1H4. The summed E-state index contributed by atoms with van der Waals surface area (Å²) in [5.74, 6) is -1.20. The first-order chi connectivity index (χ1) is 12.6. The molecule has 0 bridgehead atoms. The SMILES string of the molecule is C.C.O=C=Nc1ccc(C(=O)OCCOC(=O)c2ccc(N=C=O)cc2)cc1. The molecule has 146 valence electrons. The van der Waals surface area contributed by atoms with Crippen molar-refractivity contribution in [1.82, 2.24) is 0 Å². The van der Waals surface area contributed by atoms with E-state index in [1.165, 1.54) is 60.7 Å². The molecular formula is C20H20N2O6. The number of carbonyl (C=O) groups is 2. The summed E-state index contributed by atoms with van der Waals surface area (Å²) in [4.78, 5) is 50.7. The Balaban J connectivity index is 0.00000364. The summed E-state index contributed by atoms with van der Waals surface area (Å²) in [6.07, 6.45) is 2.79. The zero-order valence-electron chi connectivity index (χ0n) is 13.4. The van der Waals surface area contributed by atoms with Gasteiger partial charge in [0.25, 0.3) is 0 Å². The minimum atomic E-state index is -0.598. The predicted molar refractivity (Wildman–Crippen MR) is 102 cm³/mol. The zero-order valence-corrected chi connectivity index (χ0v) is 13.4. The lowest BCUT2D eigenvalue weighted by Crippen LogP contribution is -2.14. The smallest absolute Gasteiger partial charge is 0.338 e. The third kappa shape index (κ3) is 7.17. The van der Waals surface area contributed by atoms with E-state index in [4.69, 9.17) is 9.47 Å². The van der Waals surface area contributed by atoms with E-state index in [0.717, 1.165) is 0 Å². The van der Waals surface area contributed by atoms with Crippen molar-refractivity contribution in [1.29, 1.82) is 0 Å². The molecule has 0 saturated carbocycles. The number of rotatable bonds is 7. The topological polar surface area (TPSA) is 111 Å². The van der Waals surface area contributed by atoms with Crippen molar-refractivity contribution >= 4 is 35.5 Å². The van der Waals surface area contributed by atoms with Crippen molar-refractivity contribution in [2.45, 2.75) is 14.9 Å². The summed E-state index contributed by atoms with van der Waals surface area (Å²) in [6.45, 7) is -0.237. The first-order valence-electron chi connectivity index (χ1n) is 7.34. The van der Waals surface area contributed by atoms with Gasteiger partial charge in [-0.3, -0.25) is 0 Å². The molecule has 0 heterocycles. The Bertz CT molecular complexity index is 802. The van der Waals surface area contributed by atoms with Gasteiger partial charge in [-0.05, 0) is 48.5 Å². The van der Waals surface area contributed by atoms with E-state index in [9.17, 15) is 19.2 Å². The fourth-order valence-corrected chi connectivity index (χ4v) is 1.88. The molecule has 0 radical (unpaired) electrons. The monoisotopic (exact) mass is 384 g/mol. The zero-order chi connectivity index (χ0) is 18.8. The van der Waals surface area contributed by atoms with E-state index in [-0.39, 0.29) is 39.2 Å². The van der Waals surface area contributed by atoms with Crippen molar-refractivity contribution in [3.05, 3.63) is 59.7 Å².